The number of hydrogen-bond donors (Lipinski definition) is 2. The molecule has 1 fully saturated rings. The Morgan fingerprint density at radius 1 is 1.14 bits per heavy atom. The number of benzene rings is 2. The lowest BCUT2D eigenvalue weighted by molar-refractivity contribution is -0.00966. The molecule has 2 N–H and O–H groups in total. The van der Waals surface area contributed by atoms with Crippen molar-refractivity contribution in [1.82, 2.24) is 10.2 Å². The summed E-state index contributed by atoms with van der Waals surface area (Å²) in [5.74, 6) is 0.598. The van der Waals surface area contributed by atoms with Crippen LogP contribution in [0.5, 0.6) is 5.75 Å². The summed E-state index contributed by atoms with van der Waals surface area (Å²) in [5.41, 5.74) is 2.60. The second-order valence-corrected chi connectivity index (χ2v) is 7.90. The van der Waals surface area contributed by atoms with Gasteiger partial charge in [0.15, 0.2) is 0 Å². The number of carbonyl (C=O) groups excluding carboxylic acids is 1. The number of nitrogens with one attached hydrogen (secondary N) is 2. The van der Waals surface area contributed by atoms with Crippen LogP contribution in [-0.4, -0.2) is 56.3 Å². The van der Waals surface area contributed by atoms with Crippen molar-refractivity contribution in [3.8, 4) is 5.75 Å². The summed E-state index contributed by atoms with van der Waals surface area (Å²) in [5, 5.41) is 6.52. The Kier molecular flexibility index (Phi) is 7.25. The van der Waals surface area contributed by atoms with Crippen molar-refractivity contribution in [3.63, 3.8) is 0 Å². The molecule has 1 amide bonds. The molecule has 0 spiro atoms. The molecule has 0 aliphatic carbocycles. The molecular weight excluding hydrogens is 366 g/mol. The first-order valence-electron chi connectivity index (χ1n) is 10.1. The van der Waals surface area contributed by atoms with Gasteiger partial charge in [0.05, 0.1) is 20.3 Å². The molecule has 0 atom stereocenters. The molecular formula is C23H31N3O3. The van der Waals surface area contributed by atoms with E-state index in [1.807, 2.05) is 18.2 Å². The van der Waals surface area contributed by atoms with Gasteiger partial charge in [-0.1, -0.05) is 12.1 Å². The number of hydrogen-bond acceptors (Lipinski definition) is 5. The monoisotopic (exact) mass is 397 g/mol. The molecule has 156 valence electrons. The summed E-state index contributed by atoms with van der Waals surface area (Å²) < 4.78 is 10.6. The van der Waals surface area contributed by atoms with Crippen LogP contribution < -0.4 is 15.4 Å². The van der Waals surface area contributed by atoms with Gasteiger partial charge >= 0.3 is 0 Å². The zero-order chi connectivity index (χ0) is 20.7. The van der Waals surface area contributed by atoms with Crippen LogP contribution in [0, 0.1) is 0 Å². The summed E-state index contributed by atoms with van der Waals surface area (Å²) in [6.07, 6.45) is 0. The molecule has 0 unspecified atom stereocenters. The van der Waals surface area contributed by atoms with E-state index in [0.717, 1.165) is 56.4 Å². The molecule has 0 aromatic heterocycles. The summed E-state index contributed by atoms with van der Waals surface area (Å²) >= 11 is 0. The predicted molar refractivity (Wildman–Crippen MR) is 116 cm³/mol. The lowest BCUT2D eigenvalue weighted by Crippen LogP contribution is -2.54. The summed E-state index contributed by atoms with van der Waals surface area (Å²) in [6.45, 7) is 9.71. The average Bonchev–Trinajstić information content (AvgIpc) is 2.74. The SMILES string of the molecule is COc1ccc(C(=O)Nc2cccc(CNCC(C)(C)N3CCOCC3)c2)cc1. The van der Waals surface area contributed by atoms with E-state index in [-0.39, 0.29) is 11.4 Å². The molecule has 1 heterocycles. The Labute approximate surface area is 173 Å². The van der Waals surface area contributed by atoms with Crippen molar-refractivity contribution in [2.75, 3.05) is 45.3 Å². The molecule has 0 saturated carbocycles. The van der Waals surface area contributed by atoms with E-state index >= 15 is 0 Å². The van der Waals surface area contributed by atoms with Crippen LogP contribution in [-0.2, 0) is 11.3 Å². The fourth-order valence-corrected chi connectivity index (χ4v) is 3.50. The number of ether oxygens (including phenoxy) is 2. The van der Waals surface area contributed by atoms with Crippen LogP contribution in [0.1, 0.15) is 29.8 Å². The van der Waals surface area contributed by atoms with Crippen molar-refractivity contribution in [2.24, 2.45) is 0 Å². The molecule has 2 aromatic carbocycles. The lowest BCUT2D eigenvalue weighted by Gasteiger charge is -2.41. The smallest absolute Gasteiger partial charge is 0.255 e. The minimum atomic E-state index is -0.133. The van der Waals surface area contributed by atoms with Crippen molar-refractivity contribution in [3.05, 3.63) is 59.7 Å². The molecule has 6 nitrogen and oxygen atoms in total. The van der Waals surface area contributed by atoms with Gasteiger partial charge in [0.25, 0.3) is 5.91 Å². The Hall–Kier alpha value is -2.41. The quantitative estimate of drug-likeness (QED) is 0.717. The number of carbonyl (C=O) groups is 1. The first-order chi connectivity index (χ1) is 14.0. The number of rotatable bonds is 8. The first-order valence-corrected chi connectivity index (χ1v) is 10.1. The van der Waals surface area contributed by atoms with E-state index in [2.05, 4.69) is 35.4 Å². The van der Waals surface area contributed by atoms with E-state index in [1.54, 1.807) is 31.4 Å². The van der Waals surface area contributed by atoms with E-state index in [0.29, 0.717) is 5.56 Å². The van der Waals surface area contributed by atoms with Gasteiger partial charge in [-0.25, -0.2) is 0 Å². The van der Waals surface area contributed by atoms with Crippen molar-refractivity contribution in [1.29, 1.82) is 0 Å². The number of morpholine rings is 1. The fraction of sp³-hybridized carbons (Fsp3) is 0.435. The lowest BCUT2D eigenvalue weighted by atomic mass is 10.0. The van der Waals surface area contributed by atoms with Gasteiger partial charge in [-0.2, -0.15) is 0 Å². The highest BCUT2D eigenvalue weighted by molar-refractivity contribution is 6.04. The van der Waals surface area contributed by atoms with Crippen LogP contribution in [0.25, 0.3) is 0 Å². The largest absolute Gasteiger partial charge is 0.497 e. The summed E-state index contributed by atoms with van der Waals surface area (Å²) in [7, 11) is 1.61. The topological polar surface area (TPSA) is 62.8 Å². The Morgan fingerprint density at radius 3 is 2.55 bits per heavy atom. The van der Waals surface area contributed by atoms with E-state index in [4.69, 9.17) is 9.47 Å². The highest BCUT2D eigenvalue weighted by atomic mass is 16.5. The fourth-order valence-electron chi connectivity index (χ4n) is 3.50. The Bertz CT molecular complexity index is 799. The minimum Gasteiger partial charge on any atom is -0.497 e. The molecule has 0 radical (unpaired) electrons. The van der Waals surface area contributed by atoms with Crippen molar-refractivity contribution < 1.29 is 14.3 Å². The van der Waals surface area contributed by atoms with Crippen molar-refractivity contribution in [2.45, 2.75) is 25.9 Å². The van der Waals surface area contributed by atoms with E-state index in [1.165, 1.54) is 0 Å². The molecule has 29 heavy (non-hydrogen) atoms. The number of anilines is 1. The molecule has 2 aromatic rings. The normalized spacial score (nSPS) is 15.1. The van der Waals surface area contributed by atoms with Gasteiger partial charge in [0.2, 0.25) is 0 Å². The number of methoxy groups -OCH3 is 1. The van der Waals surface area contributed by atoms with Crippen LogP contribution >= 0.6 is 0 Å². The third-order valence-corrected chi connectivity index (χ3v) is 5.29. The van der Waals surface area contributed by atoms with Gasteiger partial charge in [-0.15, -0.1) is 0 Å². The van der Waals surface area contributed by atoms with Crippen LogP contribution in [0.15, 0.2) is 48.5 Å². The average molecular weight is 398 g/mol. The van der Waals surface area contributed by atoms with Crippen LogP contribution in [0.4, 0.5) is 5.69 Å². The third-order valence-electron chi connectivity index (χ3n) is 5.29. The summed E-state index contributed by atoms with van der Waals surface area (Å²) in [6, 6.07) is 15.0. The highest BCUT2D eigenvalue weighted by Crippen LogP contribution is 2.17. The molecule has 6 heteroatoms. The van der Waals surface area contributed by atoms with Gasteiger partial charge in [-0.3, -0.25) is 9.69 Å². The maximum atomic E-state index is 12.5. The second kappa shape index (κ2) is 9.87. The maximum Gasteiger partial charge on any atom is 0.255 e. The second-order valence-electron chi connectivity index (χ2n) is 7.90. The Balaban J connectivity index is 1.52. The highest BCUT2D eigenvalue weighted by Gasteiger charge is 2.27. The Morgan fingerprint density at radius 2 is 1.86 bits per heavy atom. The number of nitrogens with zero attached hydrogens (tertiary/aromatic N) is 1. The van der Waals surface area contributed by atoms with Gasteiger partial charge in [0, 0.05) is 43.0 Å². The maximum absolute atomic E-state index is 12.5. The molecule has 0 bridgehead atoms. The van der Waals surface area contributed by atoms with Gasteiger partial charge in [-0.05, 0) is 55.8 Å². The van der Waals surface area contributed by atoms with Crippen molar-refractivity contribution >= 4 is 11.6 Å². The zero-order valence-corrected chi connectivity index (χ0v) is 17.5. The van der Waals surface area contributed by atoms with Crippen LogP contribution in [0.2, 0.25) is 0 Å². The van der Waals surface area contributed by atoms with E-state index < -0.39 is 0 Å². The zero-order valence-electron chi connectivity index (χ0n) is 17.5. The molecule has 1 aliphatic heterocycles. The van der Waals surface area contributed by atoms with Gasteiger partial charge < -0.3 is 20.1 Å². The predicted octanol–water partition coefficient (Wildman–Crippen LogP) is 3.15. The number of amides is 1. The standard InChI is InChI=1S/C23H31N3O3/c1-23(2,26-11-13-29-14-12-26)17-24-16-18-5-4-6-20(15-18)25-22(27)19-7-9-21(28-3)10-8-19/h4-10,15,24H,11-14,16-17H2,1-3H3,(H,25,27). The minimum absolute atomic E-state index is 0.0734. The first kappa shape index (κ1) is 21.3. The molecule has 3 rings (SSSR count). The summed E-state index contributed by atoms with van der Waals surface area (Å²) in [4.78, 5) is 14.9. The molecule has 1 saturated heterocycles. The van der Waals surface area contributed by atoms with E-state index in [9.17, 15) is 4.79 Å². The molecule has 1 aliphatic rings. The third kappa shape index (κ3) is 6.03. The van der Waals surface area contributed by atoms with Crippen LogP contribution in [0.3, 0.4) is 0 Å². The van der Waals surface area contributed by atoms with Gasteiger partial charge in [0.1, 0.15) is 5.75 Å².